The number of rotatable bonds is 6. The highest BCUT2D eigenvalue weighted by Crippen LogP contribution is 2.21. The normalized spacial score (nSPS) is 15.0. The number of hydrogen-bond acceptors (Lipinski definition) is 3. The van der Waals surface area contributed by atoms with Crippen LogP contribution in [0.3, 0.4) is 0 Å². The van der Waals surface area contributed by atoms with Crippen molar-refractivity contribution >= 4 is 5.91 Å². The SMILES string of the molecule is CCC(CN)C(=O)NC(Cn1ccnc1)C(C)(C)C. The Morgan fingerprint density at radius 2 is 2.16 bits per heavy atom. The Morgan fingerprint density at radius 1 is 1.47 bits per heavy atom. The highest BCUT2D eigenvalue weighted by Gasteiger charge is 2.28. The lowest BCUT2D eigenvalue weighted by Gasteiger charge is -2.32. The number of carbonyl (C=O) groups excluding carboxylic acids is 1. The maximum atomic E-state index is 12.2. The molecule has 1 aromatic rings. The molecule has 5 nitrogen and oxygen atoms in total. The molecular weight excluding hydrogens is 240 g/mol. The fraction of sp³-hybridized carbons (Fsp3) is 0.714. The number of amides is 1. The molecule has 2 atom stereocenters. The van der Waals surface area contributed by atoms with E-state index in [0.29, 0.717) is 6.54 Å². The average Bonchev–Trinajstić information content (AvgIpc) is 2.81. The van der Waals surface area contributed by atoms with Crippen LogP contribution in [0.1, 0.15) is 34.1 Å². The minimum atomic E-state index is -0.104. The number of nitrogens with two attached hydrogens (primary N) is 1. The molecular formula is C14H26N4O. The Hall–Kier alpha value is -1.36. The van der Waals surface area contributed by atoms with Gasteiger partial charge >= 0.3 is 0 Å². The van der Waals surface area contributed by atoms with E-state index in [0.717, 1.165) is 13.0 Å². The predicted molar refractivity (Wildman–Crippen MR) is 76.4 cm³/mol. The molecule has 19 heavy (non-hydrogen) atoms. The lowest BCUT2D eigenvalue weighted by atomic mass is 9.86. The smallest absolute Gasteiger partial charge is 0.224 e. The Kier molecular flexibility index (Phi) is 5.54. The number of hydrogen-bond donors (Lipinski definition) is 2. The van der Waals surface area contributed by atoms with Crippen molar-refractivity contribution in [2.45, 2.75) is 46.7 Å². The van der Waals surface area contributed by atoms with Gasteiger partial charge in [0.15, 0.2) is 0 Å². The summed E-state index contributed by atoms with van der Waals surface area (Å²) in [6.45, 7) is 9.47. The Labute approximate surface area is 115 Å². The van der Waals surface area contributed by atoms with Gasteiger partial charge in [-0.05, 0) is 11.8 Å². The number of aromatic nitrogens is 2. The number of carbonyl (C=O) groups is 1. The molecule has 0 aromatic carbocycles. The third-order valence-corrected chi connectivity index (χ3v) is 3.46. The molecule has 0 aliphatic rings. The second-order valence-corrected chi connectivity index (χ2v) is 6.03. The fourth-order valence-electron chi connectivity index (χ4n) is 1.89. The van der Waals surface area contributed by atoms with Crippen molar-refractivity contribution in [2.24, 2.45) is 17.1 Å². The molecule has 0 saturated carbocycles. The number of nitrogens with zero attached hydrogens (tertiary/aromatic N) is 2. The molecule has 1 amide bonds. The van der Waals surface area contributed by atoms with Gasteiger partial charge in [0.05, 0.1) is 12.4 Å². The summed E-state index contributed by atoms with van der Waals surface area (Å²) in [4.78, 5) is 16.2. The summed E-state index contributed by atoms with van der Waals surface area (Å²) in [5.41, 5.74) is 5.61. The molecule has 3 N–H and O–H groups in total. The first kappa shape index (κ1) is 15.7. The van der Waals surface area contributed by atoms with E-state index < -0.39 is 0 Å². The van der Waals surface area contributed by atoms with Gasteiger partial charge in [0.2, 0.25) is 5.91 Å². The van der Waals surface area contributed by atoms with Gasteiger partial charge in [0.25, 0.3) is 0 Å². The molecule has 1 aromatic heterocycles. The monoisotopic (exact) mass is 266 g/mol. The summed E-state index contributed by atoms with van der Waals surface area (Å²) >= 11 is 0. The summed E-state index contributed by atoms with van der Waals surface area (Å²) in [5, 5.41) is 3.13. The van der Waals surface area contributed by atoms with Crippen LogP contribution in [0.15, 0.2) is 18.7 Å². The lowest BCUT2D eigenvalue weighted by Crippen LogP contribution is -2.49. The van der Waals surface area contributed by atoms with E-state index >= 15 is 0 Å². The van der Waals surface area contributed by atoms with Gasteiger partial charge in [0, 0.05) is 31.4 Å². The Balaban J connectivity index is 2.73. The van der Waals surface area contributed by atoms with E-state index in [1.54, 1.807) is 12.5 Å². The predicted octanol–water partition coefficient (Wildman–Crippen LogP) is 1.40. The number of imidazole rings is 1. The van der Waals surface area contributed by atoms with E-state index in [1.165, 1.54) is 0 Å². The zero-order valence-corrected chi connectivity index (χ0v) is 12.4. The molecule has 1 rings (SSSR count). The van der Waals surface area contributed by atoms with E-state index in [9.17, 15) is 4.79 Å². The first-order chi connectivity index (χ1) is 8.88. The molecule has 0 saturated heterocycles. The first-order valence-corrected chi connectivity index (χ1v) is 6.84. The van der Waals surface area contributed by atoms with Gasteiger partial charge in [-0.3, -0.25) is 4.79 Å². The molecule has 0 spiro atoms. The van der Waals surface area contributed by atoms with Gasteiger partial charge in [-0.15, -0.1) is 0 Å². The molecule has 2 unspecified atom stereocenters. The van der Waals surface area contributed by atoms with Crippen LogP contribution in [0.4, 0.5) is 0 Å². The topological polar surface area (TPSA) is 72.9 Å². The van der Waals surface area contributed by atoms with Crippen LogP contribution >= 0.6 is 0 Å². The Bertz CT molecular complexity index is 377. The minimum absolute atomic E-state index is 0.0210. The minimum Gasteiger partial charge on any atom is -0.351 e. The van der Waals surface area contributed by atoms with Gasteiger partial charge in [-0.1, -0.05) is 27.7 Å². The molecule has 1 heterocycles. The van der Waals surface area contributed by atoms with Crippen molar-refractivity contribution in [3.63, 3.8) is 0 Å². The van der Waals surface area contributed by atoms with Crippen LogP contribution in [0.25, 0.3) is 0 Å². The zero-order chi connectivity index (χ0) is 14.5. The first-order valence-electron chi connectivity index (χ1n) is 6.84. The van der Waals surface area contributed by atoms with Gasteiger partial charge in [0.1, 0.15) is 0 Å². The van der Waals surface area contributed by atoms with Crippen molar-refractivity contribution in [1.29, 1.82) is 0 Å². The molecule has 0 bridgehead atoms. The maximum Gasteiger partial charge on any atom is 0.224 e. The van der Waals surface area contributed by atoms with Crippen LogP contribution in [-0.2, 0) is 11.3 Å². The van der Waals surface area contributed by atoms with Crippen molar-refractivity contribution in [3.05, 3.63) is 18.7 Å². The molecule has 0 aliphatic heterocycles. The molecule has 5 heteroatoms. The van der Waals surface area contributed by atoms with Gasteiger partial charge in [-0.2, -0.15) is 0 Å². The summed E-state index contributed by atoms with van der Waals surface area (Å²) in [6.07, 6.45) is 6.19. The van der Waals surface area contributed by atoms with Gasteiger partial charge in [-0.25, -0.2) is 4.98 Å². The van der Waals surface area contributed by atoms with E-state index in [1.807, 2.05) is 17.7 Å². The second-order valence-electron chi connectivity index (χ2n) is 6.03. The molecule has 108 valence electrons. The largest absolute Gasteiger partial charge is 0.351 e. The van der Waals surface area contributed by atoms with Crippen molar-refractivity contribution in [2.75, 3.05) is 6.54 Å². The molecule has 0 aliphatic carbocycles. The molecule has 0 fully saturated rings. The second kappa shape index (κ2) is 6.70. The van der Waals surface area contributed by atoms with Crippen molar-refractivity contribution in [1.82, 2.24) is 14.9 Å². The third kappa shape index (κ3) is 4.67. The third-order valence-electron chi connectivity index (χ3n) is 3.46. The van der Waals surface area contributed by atoms with Crippen LogP contribution in [-0.4, -0.2) is 28.0 Å². The summed E-state index contributed by atoms with van der Waals surface area (Å²) in [7, 11) is 0. The summed E-state index contributed by atoms with van der Waals surface area (Å²) in [5.74, 6) is -0.0577. The van der Waals surface area contributed by atoms with Crippen LogP contribution < -0.4 is 11.1 Å². The van der Waals surface area contributed by atoms with Crippen LogP contribution in [0.2, 0.25) is 0 Å². The van der Waals surface area contributed by atoms with E-state index in [2.05, 4.69) is 31.1 Å². The zero-order valence-electron chi connectivity index (χ0n) is 12.4. The van der Waals surface area contributed by atoms with Crippen molar-refractivity contribution < 1.29 is 4.79 Å². The van der Waals surface area contributed by atoms with Crippen LogP contribution in [0, 0.1) is 11.3 Å². The summed E-state index contributed by atoms with van der Waals surface area (Å²) < 4.78 is 1.99. The quantitative estimate of drug-likeness (QED) is 0.817. The van der Waals surface area contributed by atoms with E-state index in [-0.39, 0.29) is 23.3 Å². The summed E-state index contributed by atoms with van der Waals surface area (Å²) in [6, 6.07) is 0.0507. The maximum absolute atomic E-state index is 12.2. The fourth-order valence-corrected chi connectivity index (χ4v) is 1.89. The van der Waals surface area contributed by atoms with Crippen LogP contribution in [0.5, 0.6) is 0 Å². The van der Waals surface area contributed by atoms with Crippen molar-refractivity contribution in [3.8, 4) is 0 Å². The highest BCUT2D eigenvalue weighted by atomic mass is 16.2. The van der Waals surface area contributed by atoms with Gasteiger partial charge < -0.3 is 15.6 Å². The number of nitrogens with one attached hydrogen (secondary N) is 1. The lowest BCUT2D eigenvalue weighted by molar-refractivity contribution is -0.126. The highest BCUT2D eigenvalue weighted by molar-refractivity contribution is 5.79. The molecule has 0 radical (unpaired) electrons. The Morgan fingerprint density at radius 3 is 2.58 bits per heavy atom. The van der Waals surface area contributed by atoms with E-state index in [4.69, 9.17) is 5.73 Å². The average molecular weight is 266 g/mol. The standard InChI is InChI=1S/C14H26N4O/c1-5-11(8-15)13(19)17-12(14(2,3)4)9-18-7-6-16-10-18/h6-7,10-12H,5,8-9,15H2,1-4H3,(H,17,19).